The Morgan fingerprint density at radius 1 is 1.03 bits per heavy atom. The summed E-state index contributed by atoms with van der Waals surface area (Å²) in [5.41, 5.74) is 6.78. The van der Waals surface area contributed by atoms with E-state index in [1.807, 2.05) is 74.5 Å². The number of aromatic nitrogens is 2. The van der Waals surface area contributed by atoms with Crippen LogP contribution < -0.4 is 11.0 Å². The zero-order valence-corrected chi connectivity index (χ0v) is 18.6. The summed E-state index contributed by atoms with van der Waals surface area (Å²) in [4.78, 5) is 30.3. The largest absolute Gasteiger partial charge is 0.272 e. The van der Waals surface area contributed by atoms with E-state index in [9.17, 15) is 9.59 Å². The molecule has 6 nitrogen and oxygen atoms in total. The van der Waals surface area contributed by atoms with Gasteiger partial charge >= 0.3 is 0 Å². The van der Waals surface area contributed by atoms with Gasteiger partial charge < -0.3 is 0 Å². The summed E-state index contributed by atoms with van der Waals surface area (Å²) in [6.45, 7) is 3.97. The van der Waals surface area contributed by atoms with Crippen LogP contribution in [0.15, 0.2) is 87.8 Å². The molecule has 32 heavy (non-hydrogen) atoms. The molecule has 4 rings (SSSR count). The van der Waals surface area contributed by atoms with E-state index in [1.165, 1.54) is 11.8 Å². The summed E-state index contributed by atoms with van der Waals surface area (Å²) >= 11 is 1.20. The molecule has 160 valence electrons. The Labute approximate surface area is 190 Å². The number of hydrogen-bond acceptors (Lipinski definition) is 5. The Bertz CT molecular complexity index is 1360. The van der Waals surface area contributed by atoms with Crippen molar-refractivity contribution < 1.29 is 4.79 Å². The zero-order valence-electron chi connectivity index (χ0n) is 17.8. The molecule has 0 bridgehead atoms. The van der Waals surface area contributed by atoms with Crippen LogP contribution in [0.5, 0.6) is 0 Å². The van der Waals surface area contributed by atoms with Crippen LogP contribution in [0.3, 0.4) is 0 Å². The molecule has 7 heteroatoms. The molecule has 0 atom stereocenters. The molecule has 0 saturated heterocycles. The lowest BCUT2D eigenvalue weighted by Gasteiger charge is -2.13. The van der Waals surface area contributed by atoms with E-state index in [-0.39, 0.29) is 17.2 Å². The van der Waals surface area contributed by atoms with Crippen LogP contribution >= 0.6 is 11.8 Å². The zero-order chi connectivity index (χ0) is 22.5. The predicted molar refractivity (Wildman–Crippen MR) is 130 cm³/mol. The highest BCUT2D eigenvalue weighted by atomic mass is 32.2. The summed E-state index contributed by atoms with van der Waals surface area (Å²) in [5.74, 6) is -0.209. The summed E-state index contributed by atoms with van der Waals surface area (Å²) in [6, 6.07) is 22.6. The standard InChI is InChI=1S/C25H22N4O2S/c1-17-11-13-20(14-12-17)29-24(31)21-9-5-6-10-22(21)27-25(29)32-16-23(30)28-26-15-19-8-4-3-7-18(19)2/h3-15H,16H2,1-2H3,(H,28,30). The van der Waals surface area contributed by atoms with Crippen molar-refractivity contribution in [2.24, 2.45) is 5.10 Å². The molecule has 0 fully saturated rings. The molecule has 0 aliphatic rings. The average Bonchev–Trinajstić information content (AvgIpc) is 2.80. The first kappa shape index (κ1) is 21.5. The number of hydrazone groups is 1. The maximum Gasteiger partial charge on any atom is 0.266 e. The quantitative estimate of drug-likeness (QED) is 0.210. The number of para-hydroxylation sites is 1. The lowest BCUT2D eigenvalue weighted by atomic mass is 10.1. The fourth-order valence-corrected chi connectivity index (χ4v) is 4.00. The van der Waals surface area contributed by atoms with Gasteiger partial charge in [0.05, 0.1) is 28.6 Å². The number of hydrogen-bond donors (Lipinski definition) is 1. The second-order valence-electron chi connectivity index (χ2n) is 7.33. The molecule has 1 N–H and O–H groups in total. The number of rotatable bonds is 6. The van der Waals surface area contributed by atoms with E-state index < -0.39 is 0 Å². The van der Waals surface area contributed by atoms with Crippen LogP contribution in [0.25, 0.3) is 16.6 Å². The van der Waals surface area contributed by atoms with Crippen molar-refractivity contribution in [3.8, 4) is 5.69 Å². The number of thioether (sulfide) groups is 1. The highest BCUT2D eigenvalue weighted by molar-refractivity contribution is 7.99. The van der Waals surface area contributed by atoms with Gasteiger partial charge in [-0.25, -0.2) is 10.4 Å². The fourth-order valence-electron chi connectivity index (χ4n) is 3.20. The van der Waals surface area contributed by atoms with E-state index >= 15 is 0 Å². The topological polar surface area (TPSA) is 76.3 Å². The Hall–Kier alpha value is -3.71. The normalized spacial score (nSPS) is 11.2. The van der Waals surface area contributed by atoms with E-state index in [1.54, 1.807) is 22.9 Å². The number of nitrogens with one attached hydrogen (secondary N) is 1. The van der Waals surface area contributed by atoms with Gasteiger partial charge in [-0.05, 0) is 49.2 Å². The van der Waals surface area contributed by atoms with Gasteiger partial charge in [0.2, 0.25) is 0 Å². The minimum Gasteiger partial charge on any atom is -0.272 e. The molecule has 0 aliphatic carbocycles. The first-order valence-corrected chi connectivity index (χ1v) is 11.1. The molecule has 0 radical (unpaired) electrons. The van der Waals surface area contributed by atoms with Gasteiger partial charge in [0.15, 0.2) is 5.16 Å². The van der Waals surface area contributed by atoms with Crippen molar-refractivity contribution in [1.82, 2.24) is 15.0 Å². The molecule has 0 spiro atoms. The lowest BCUT2D eigenvalue weighted by Crippen LogP contribution is -2.24. The minimum atomic E-state index is -0.280. The van der Waals surface area contributed by atoms with Gasteiger partial charge in [-0.1, -0.05) is 65.9 Å². The number of carbonyl (C=O) groups excluding carboxylic acids is 1. The van der Waals surface area contributed by atoms with E-state index in [2.05, 4.69) is 15.5 Å². The Morgan fingerprint density at radius 3 is 2.53 bits per heavy atom. The van der Waals surface area contributed by atoms with Crippen LogP contribution in [0, 0.1) is 13.8 Å². The molecule has 4 aromatic rings. The van der Waals surface area contributed by atoms with Gasteiger partial charge in [0.1, 0.15) is 0 Å². The van der Waals surface area contributed by atoms with E-state index in [0.717, 1.165) is 16.7 Å². The Kier molecular flexibility index (Phi) is 6.47. The maximum atomic E-state index is 13.2. The van der Waals surface area contributed by atoms with Crippen LogP contribution in [-0.2, 0) is 4.79 Å². The number of fused-ring (bicyclic) bond motifs is 1. The molecule has 1 heterocycles. The van der Waals surface area contributed by atoms with E-state index in [4.69, 9.17) is 0 Å². The molecule has 1 aromatic heterocycles. The van der Waals surface area contributed by atoms with Gasteiger partial charge in [-0.15, -0.1) is 0 Å². The second kappa shape index (κ2) is 9.62. The predicted octanol–water partition coefficient (Wildman–Crippen LogP) is 4.24. The van der Waals surface area contributed by atoms with Crippen LogP contribution in [0.2, 0.25) is 0 Å². The van der Waals surface area contributed by atoms with Crippen molar-refractivity contribution in [2.75, 3.05) is 5.75 Å². The number of benzene rings is 3. The van der Waals surface area contributed by atoms with Gasteiger partial charge in [-0.2, -0.15) is 5.10 Å². The summed E-state index contributed by atoms with van der Waals surface area (Å²) in [5, 5.41) is 5.03. The van der Waals surface area contributed by atoms with Crippen molar-refractivity contribution in [2.45, 2.75) is 19.0 Å². The number of nitrogens with zero attached hydrogens (tertiary/aromatic N) is 3. The van der Waals surface area contributed by atoms with Gasteiger partial charge in [0, 0.05) is 0 Å². The third kappa shape index (κ3) is 4.78. The lowest BCUT2D eigenvalue weighted by molar-refractivity contribution is -0.118. The monoisotopic (exact) mass is 442 g/mol. The molecule has 1 amide bonds. The van der Waals surface area contributed by atoms with Crippen LogP contribution in [0.1, 0.15) is 16.7 Å². The summed E-state index contributed by atoms with van der Waals surface area (Å²) < 4.78 is 1.55. The smallest absolute Gasteiger partial charge is 0.266 e. The summed E-state index contributed by atoms with van der Waals surface area (Å²) in [7, 11) is 0. The average molecular weight is 443 g/mol. The maximum absolute atomic E-state index is 13.2. The molecular weight excluding hydrogens is 420 g/mol. The van der Waals surface area contributed by atoms with Crippen molar-refractivity contribution in [3.05, 3.63) is 99.8 Å². The fraction of sp³-hybridized carbons (Fsp3) is 0.120. The van der Waals surface area contributed by atoms with Crippen molar-refractivity contribution in [3.63, 3.8) is 0 Å². The van der Waals surface area contributed by atoms with Crippen molar-refractivity contribution in [1.29, 1.82) is 0 Å². The number of aryl methyl sites for hydroxylation is 2. The molecule has 0 saturated carbocycles. The van der Waals surface area contributed by atoms with Gasteiger partial charge in [-0.3, -0.25) is 14.2 Å². The highest BCUT2D eigenvalue weighted by Crippen LogP contribution is 2.21. The second-order valence-corrected chi connectivity index (χ2v) is 8.27. The first-order chi connectivity index (χ1) is 15.5. The Balaban J connectivity index is 1.57. The highest BCUT2D eigenvalue weighted by Gasteiger charge is 2.14. The Morgan fingerprint density at radius 2 is 1.75 bits per heavy atom. The van der Waals surface area contributed by atoms with Gasteiger partial charge in [0.25, 0.3) is 11.5 Å². The minimum absolute atomic E-state index is 0.0712. The van der Waals surface area contributed by atoms with E-state index in [0.29, 0.717) is 21.7 Å². The van der Waals surface area contributed by atoms with Crippen LogP contribution in [-0.4, -0.2) is 27.4 Å². The SMILES string of the molecule is Cc1ccc(-n2c(SCC(=O)NN=Cc3ccccc3C)nc3ccccc3c2=O)cc1. The molecule has 0 aliphatic heterocycles. The van der Waals surface area contributed by atoms with Crippen molar-refractivity contribution >= 4 is 34.8 Å². The molecule has 0 unspecified atom stereocenters. The summed E-state index contributed by atoms with van der Waals surface area (Å²) in [6.07, 6.45) is 1.62. The van der Waals surface area contributed by atoms with Crippen LogP contribution in [0.4, 0.5) is 0 Å². The number of carbonyl (C=O) groups is 1. The molecular formula is C25H22N4O2S. The number of amides is 1. The third-order valence-electron chi connectivity index (χ3n) is 4.95. The molecule has 3 aromatic carbocycles. The first-order valence-electron chi connectivity index (χ1n) is 10.1. The third-order valence-corrected chi connectivity index (χ3v) is 5.89.